The molecule has 7 heteroatoms. The highest BCUT2D eigenvalue weighted by Crippen LogP contribution is 2.20. The number of aryl methyl sites for hydroxylation is 1. The number of carbonyl (C=O) groups is 1. The molecule has 0 saturated heterocycles. The first-order valence-corrected chi connectivity index (χ1v) is 6.69. The van der Waals surface area contributed by atoms with Crippen LogP contribution in [0, 0.1) is 18.3 Å². The molecule has 22 heavy (non-hydrogen) atoms. The number of nitrogens with zero attached hydrogens (tertiary/aromatic N) is 3. The second kappa shape index (κ2) is 7.20. The summed E-state index contributed by atoms with van der Waals surface area (Å²) >= 11 is 5.99. The van der Waals surface area contributed by atoms with E-state index in [1.807, 2.05) is 13.0 Å². The number of nitriles is 1. The molecule has 0 aliphatic rings. The summed E-state index contributed by atoms with van der Waals surface area (Å²) in [6.45, 7) is 1.86. The molecule has 1 heterocycles. The topological polar surface area (TPSA) is 90.7 Å². The van der Waals surface area contributed by atoms with Crippen LogP contribution in [0.25, 0.3) is 0 Å². The highest BCUT2D eigenvalue weighted by atomic mass is 35.5. The number of hydrogen-bond donors (Lipinski definition) is 2. The van der Waals surface area contributed by atoms with Crippen LogP contribution in [-0.2, 0) is 4.79 Å². The fraction of sp³-hybridized carbons (Fsp3) is 0.0667. The van der Waals surface area contributed by atoms with Crippen LogP contribution in [-0.4, -0.2) is 15.9 Å². The number of rotatable bonds is 4. The Bertz CT molecular complexity index is 752. The van der Waals surface area contributed by atoms with E-state index in [1.54, 1.807) is 36.7 Å². The molecule has 0 aliphatic carbocycles. The molecule has 6 nitrogen and oxygen atoms in total. The lowest BCUT2D eigenvalue weighted by Gasteiger charge is -2.06. The maximum Gasteiger partial charge on any atom is 0.267 e. The second-order valence-corrected chi connectivity index (χ2v) is 4.71. The molecule has 0 fully saturated rings. The van der Waals surface area contributed by atoms with Crippen molar-refractivity contribution in [2.24, 2.45) is 0 Å². The molecule has 0 atom stereocenters. The average Bonchev–Trinajstić information content (AvgIpc) is 2.52. The summed E-state index contributed by atoms with van der Waals surface area (Å²) in [5, 5.41) is 14.9. The van der Waals surface area contributed by atoms with E-state index in [0.29, 0.717) is 16.7 Å². The summed E-state index contributed by atoms with van der Waals surface area (Å²) < 4.78 is 0. The lowest BCUT2D eigenvalue weighted by Crippen LogP contribution is -2.14. The monoisotopic (exact) mass is 313 g/mol. The number of nitrogens with one attached hydrogen (secondary N) is 2. The van der Waals surface area contributed by atoms with Gasteiger partial charge in [-0.3, -0.25) is 4.79 Å². The molecule has 2 aromatic rings. The van der Waals surface area contributed by atoms with Crippen LogP contribution >= 0.6 is 11.6 Å². The highest BCUT2D eigenvalue weighted by molar-refractivity contribution is 6.31. The first-order valence-electron chi connectivity index (χ1n) is 6.31. The van der Waals surface area contributed by atoms with Crippen LogP contribution in [0.2, 0.25) is 5.02 Å². The van der Waals surface area contributed by atoms with Gasteiger partial charge < -0.3 is 10.6 Å². The molecule has 2 N–H and O–H groups in total. The van der Waals surface area contributed by atoms with Gasteiger partial charge in [0, 0.05) is 29.3 Å². The Kier molecular flexibility index (Phi) is 5.07. The first-order chi connectivity index (χ1) is 10.6. The Labute approximate surface area is 132 Å². The van der Waals surface area contributed by atoms with Gasteiger partial charge >= 0.3 is 0 Å². The number of aromatic nitrogens is 2. The molecule has 0 bridgehead atoms. The summed E-state index contributed by atoms with van der Waals surface area (Å²) in [4.78, 5) is 19.9. The third-order valence-corrected chi connectivity index (χ3v) is 3.11. The van der Waals surface area contributed by atoms with Crippen LogP contribution in [0.3, 0.4) is 0 Å². The lowest BCUT2D eigenvalue weighted by atomic mass is 10.2. The van der Waals surface area contributed by atoms with Crippen molar-refractivity contribution in [3.63, 3.8) is 0 Å². The van der Waals surface area contributed by atoms with Crippen molar-refractivity contribution in [2.45, 2.75) is 6.92 Å². The standard InChI is InChI=1S/C15H12ClN5O/c1-10-3-4-12(7-13(10)16)21-14(22)11(8-17)9-20-15-18-5-2-6-19-15/h2-7,9H,1H3,(H,21,22)(H,18,19,20)/b11-9-. The third kappa shape index (κ3) is 4.04. The fourth-order valence-corrected chi connectivity index (χ4v) is 1.71. The Morgan fingerprint density at radius 3 is 2.73 bits per heavy atom. The van der Waals surface area contributed by atoms with Crippen LogP contribution in [0.5, 0.6) is 0 Å². The van der Waals surface area contributed by atoms with E-state index in [2.05, 4.69) is 20.6 Å². The zero-order valence-corrected chi connectivity index (χ0v) is 12.4. The van der Waals surface area contributed by atoms with E-state index in [-0.39, 0.29) is 5.57 Å². The van der Waals surface area contributed by atoms with Crippen LogP contribution in [0.1, 0.15) is 5.56 Å². The summed E-state index contributed by atoms with van der Waals surface area (Å²) in [5.74, 6) is -0.257. The SMILES string of the molecule is Cc1ccc(NC(=O)/C(C#N)=C\Nc2ncccn2)cc1Cl. The number of carbonyl (C=O) groups excluding carboxylic acids is 1. The van der Waals surface area contributed by atoms with Crippen LogP contribution < -0.4 is 10.6 Å². The molecule has 2 rings (SSSR count). The molecule has 1 aromatic carbocycles. The number of anilines is 2. The molecular weight excluding hydrogens is 302 g/mol. The van der Waals surface area contributed by atoms with Gasteiger partial charge in [0.15, 0.2) is 0 Å². The summed E-state index contributed by atoms with van der Waals surface area (Å²) in [7, 11) is 0. The van der Waals surface area contributed by atoms with Gasteiger partial charge in [-0.1, -0.05) is 17.7 Å². The van der Waals surface area contributed by atoms with Gasteiger partial charge in [0.05, 0.1) is 0 Å². The van der Waals surface area contributed by atoms with Gasteiger partial charge in [-0.05, 0) is 30.7 Å². The average molecular weight is 314 g/mol. The Morgan fingerprint density at radius 2 is 2.09 bits per heavy atom. The minimum absolute atomic E-state index is 0.107. The summed E-state index contributed by atoms with van der Waals surface area (Å²) in [6, 6.07) is 8.59. The molecule has 0 saturated carbocycles. The minimum Gasteiger partial charge on any atom is -0.329 e. The van der Waals surface area contributed by atoms with Gasteiger partial charge in [-0.2, -0.15) is 5.26 Å². The largest absolute Gasteiger partial charge is 0.329 e. The van der Waals surface area contributed by atoms with E-state index in [0.717, 1.165) is 5.56 Å². The molecule has 110 valence electrons. The molecule has 0 aliphatic heterocycles. The predicted molar refractivity (Wildman–Crippen MR) is 84.2 cm³/mol. The molecule has 1 amide bonds. The van der Waals surface area contributed by atoms with E-state index in [4.69, 9.17) is 16.9 Å². The van der Waals surface area contributed by atoms with Crippen LogP contribution in [0.15, 0.2) is 48.4 Å². The van der Waals surface area contributed by atoms with Crippen molar-refractivity contribution in [3.8, 4) is 6.07 Å². The van der Waals surface area contributed by atoms with Gasteiger partial charge in [-0.25, -0.2) is 9.97 Å². The normalized spacial score (nSPS) is 10.7. The van der Waals surface area contributed by atoms with Crippen molar-refractivity contribution in [2.75, 3.05) is 10.6 Å². The molecule has 0 unspecified atom stereocenters. The molecular formula is C15H12ClN5O. The first kappa shape index (κ1) is 15.5. The molecule has 0 radical (unpaired) electrons. The zero-order valence-electron chi connectivity index (χ0n) is 11.7. The molecule has 1 aromatic heterocycles. The zero-order chi connectivity index (χ0) is 15.9. The van der Waals surface area contributed by atoms with Gasteiger partial charge in [0.1, 0.15) is 11.6 Å². The van der Waals surface area contributed by atoms with Crippen LogP contribution in [0.4, 0.5) is 11.6 Å². The van der Waals surface area contributed by atoms with Crippen molar-refractivity contribution >= 4 is 29.1 Å². The van der Waals surface area contributed by atoms with E-state index in [1.165, 1.54) is 6.20 Å². The summed E-state index contributed by atoms with van der Waals surface area (Å²) in [6.07, 6.45) is 4.34. The predicted octanol–water partition coefficient (Wildman–Crippen LogP) is 2.90. The van der Waals surface area contributed by atoms with Crippen molar-refractivity contribution in [3.05, 3.63) is 59.0 Å². The summed E-state index contributed by atoms with van der Waals surface area (Å²) in [5.41, 5.74) is 1.31. The Morgan fingerprint density at radius 1 is 1.36 bits per heavy atom. The molecule has 0 spiro atoms. The Balaban J connectivity index is 2.08. The number of benzene rings is 1. The number of amides is 1. The van der Waals surface area contributed by atoms with Gasteiger partial charge in [0.2, 0.25) is 5.95 Å². The lowest BCUT2D eigenvalue weighted by molar-refractivity contribution is -0.112. The van der Waals surface area contributed by atoms with E-state index >= 15 is 0 Å². The minimum atomic E-state index is -0.550. The fourth-order valence-electron chi connectivity index (χ4n) is 1.53. The maximum absolute atomic E-state index is 12.0. The van der Waals surface area contributed by atoms with Crippen molar-refractivity contribution in [1.29, 1.82) is 5.26 Å². The van der Waals surface area contributed by atoms with E-state index < -0.39 is 5.91 Å². The number of hydrogen-bond acceptors (Lipinski definition) is 5. The van der Waals surface area contributed by atoms with Crippen molar-refractivity contribution in [1.82, 2.24) is 9.97 Å². The van der Waals surface area contributed by atoms with E-state index in [9.17, 15) is 4.79 Å². The third-order valence-electron chi connectivity index (χ3n) is 2.71. The highest BCUT2D eigenvalue weighted by Gasteiger charge is 2.10. The van der Waals surface area contributed by atoms with Gasteiger partial charge in [0.25, 0.3) is 5.91 Å². The maximum atomic E-state index is 12.0. The van der Waals surface area contributed by atoms with Gasteiger partial charge in [-0.15, -0.1) is 0 Å². The smallest absolute Gasteiger partial charge is 0.267 e. The van der Waals surface area contributed by atoms with Crippen molar-refractivity contribution < 1.29 is 4.79 Å². The number of halogens is 1. The Hall–Kier alpha value is -2.91. The second-order valence-electron chi connectivity index (χ2n) is 4.30. The quantitative estimate of drug-likeness (QED) is 0.669.